The molecule has 0 amide bonds. The molecule has 0 radical (unpaired) electrons. The van der Waals surface area contributed by atoms with Gasteiger partial charge in [0.25, 0.3) is 0 Å². The van der Waals surface area contributed by atoms with Gasteiger partial charge < -0.3 is 4.42 Å². The molecule has 0 bridgehead atoms. The Bertz CT molecular complexity index is 2130. The molecule has 0 unspecified atom stereocenters. The molecule has 0 fully saturated rings. The monoisotopic (exact) mass is 551 g/mol. The number of rotatable bonds is 5. The first-order valence-electron chi connectivity index (χ1n) is 14.3. The van der Waals surface area contributed by atoms with E-state index in [1.807, 2.05) is 60.7 Å². The standard InChI is InChI=1S/C39H25N3O/c1-3-12-28(13-4-1)34-25-35(29-14-5-2-6-15-29)41-38(40-34)30-21-19-27(20-22-30)32-24-23-26-11-7-8-16-31(26)37(32)39-42-33-17-9-10-18-36(33)43-39/h1-25H. The molecule has 2 aromatic heterocycles. The molecule has 0 saturated heterocycles. The zero-order valence-corrected chi connectivity index (χ0v) is 23.2. The highest BCUT2D eigenvalue weighted by atomic mass is 16.3. The fourth-order valence-electron chi connectivity index (χ4n) is 5.61. The van der Waals surface area contributed by atoms with Gasteiger partial charge in [0.15, 0.2) is 11.4 Å². The van der Waals surface area contributed by atoms with Crippen molar-refractivity contribution in [3.05, 3.63) is 152 Å². The van der Waals surface area contributed by atoms with Gasteiger partial charge in [-0.25, -0.2) is 15.0 Å². The van der Waals surface area contributed by atoms with Gasteiger partial charge in [0.1, 0.15) is 5.52 Å². The van der Waals surface area contributed by atoms with Crippen molar-refractivity contribution >= 4 is 21.9 Å². The highest BCUT2D eigenvalue weighted by molar-refractivity contribution is 6.03. The van der Waals surface area contributed by atoms with Gasteiger partial charge in [0.2, 0.25) is 5.89 Å². The van der Waals surface area contributed by atoms with E-state index in [1.165, 1.54) is 0 Å². The van der Waals surface area contributed by atoms with E-state index in [0.29, 0.717) is 11.7 Å². The van der Waals surface area contributed by atoms with Crippen LogP contribution >= 0.6 is 0 Å². The SMILES string of the molecule is c1ccc(-c2cc(-c3ccccc3)nc(-c3ccc(-c4ccc5ccccc5c4-c4nc5ccccc5o4)cc3)n2)cc1. The smallest absolute Gasteiger partial charge is 0.228 e. The lowest BCUT2D eigenvalue weighted by atomic mass is 9.93. The molecule has 6 aromatic carbocycles. The summed E-state index contributed by atoms with van der Waals surface area (Å²) in [6, 6.07) is 51.6. The molecule has 4 nitrogen and oxygen atoms in total. The Balaban J connectivity index is 1.26. The number of fused-ring (bicyclic) bond motifs is 2. The Morgan fingerprint density at radius 1 is 0.442 bits per heavy atom. The van der Waals surface area contributed by atoms with Crippen LogP contribution in [-0.4, -0.2) is 15.0 Å². The first-order valence-corrected chi connectivity index (χ1v) is 14.3. The van der Waals surface area contributed by atoms with Crippen molar-refractivity contribution in [3.63, 3.8) is 0 Å². The van der Waals surface area contributed by atoms with Crippen LogP contribution in [0.5, 0.6) is 0 Å². The molecule has 0 saturated carbocycles. The molecule has 2 heterocycles. The van der Waals surface area contributed by atoms with Crippen LogP contribution in [0.2, 0.25) is 0 Å². The van der Waals surface area contributed by atoms with Gasteiger partial charge in [-0.2, -0.15) is 0 Å². The zero-order chi connectivity index (χ0) is 28.6. The van der Waals surface area contributed by atoms with Gasteiger partial charge in [-0.15, -0.1) is 0 Å². The average Bonchev–Trinajstić information content (AvgIpc) is 3.52. The molecule has 0 atom stereocenters. The number of nitrogens with zero attached hydrogens (tertiary/aromatic N) is 3. The number of oxazole rings is 1. The number of hydrogen-bond acceptors (Lipinski definition) is 4. The summed E-state index contributed by atoms with van der Waals surface area (Å²) in [5, 5.41) is 2.24. The highest BCUT2D eigenvalue weighted by Crippen LogP contribution is 2.39. The van der Waals surface area contributed by atoms with E-state index < -0.39 is 0 Å². The quantitative estimate of drug-likeness (QED) is 0.214. The molecule has 202 valence electrons. The van der Waals surface area contributed by atoms with Crippen LogP contribution in [0.4, 0.5) is 0 Å². The van der Waals surface area contributed by atoms with E-state index in [4.69, 9.17) is 19.4 Å². The Morgan fingerprint density at radius 3 is 1.74 bits per heavy atom. The van der Waals surface area contributed by atoms with Gasteiger partial charge in [0, 0.05) is 16.7 Å². The molecule has 4 heteroatoms. The lowest BCUT2D eigenvalue weighted by molar-refractivity contribution is 0.621. The van der Waals surface area contributed by atoms with Crippen LogP contribution in [0, 0.1) is 0 Å². The third-order valence-electron chi connectivity index (χ3n) is 7.76. The summed E-state index contributed by atoms with van der Waals surface area (Å²) in [4.78, 5) is 14.9. The highest BCUT2D eigenvalue weighted by Gasteiger charge is 2.18. The first-order chi connectivity index (χ1) is 21.3. The first kappa shape index (κ1) is 24.9. The molecule has 0 aliphatic carbocycles. The molecule has 8 rings (SSSR count). The van der Waals surface area contributed by atoms with Crippen LogP contribution in [-0.2, 0) is 0 Å². The number of benzene rings is 6. The predicted molar refractivity (Wildman–Crippen MR) is 174 cm³/mol. The van der Waals surface area contributed by atoms with Gasteiger partial charge in [-0.1, -0.05) is 133 Å². The molecule has 0 spiro atoms. The Labute approximate surface area is 249 Å². The van der Waals surface area contributed by atoms with Gasteiger partial charge >= 0.3 is 0 Å². The molecule has 43 heavy (non-hydrogen) atoms. The minimum absolute atomic E-state index is 0.614. The molecular formula is C39H25N3O. The summed E-state index contributed by atoms with van der Waals surface area (Å²) in [6.45, 7) is 0. The minimum atomic E-state index is 0.614. The molecule has 8 aromatic rings. The van der Waals surface area contributed by atoms with Crippen LogP contribution in [0.1, 0.15) is 0 Å². The second-order valence-corrected chi connectivity index (χ2v) is 10.5. The van der Waals surface area contributed by atoms with Gasteiger partial charge in [-0.3, -0.25) is 0 Å². The van der Waals surface area contributed by atoms with Crippen LogP contribution in [0.25, 0.3) is 78.4 Å². The van der Waals surface area contributed by atoms with Crippen molar-refractivity contribution in [2.24, 2.45) is 0 Å². The minimum Gasteiger partial charge on any atom is -0.436 e. The maximum Gasteiger partial charge on any atom is 0.228 e. The van der Waals surface area contributed by atoms with Gasteiger partial charge in [-0.05, 0) is 40.1 Å². The van der Waals surface area contributed by atoms with E-state index in [2.05, 4.69) is 91.0 Å². The van der Waals surface area contributed by atoms with Crippen molar-refractivity contribution in [2.75, 3.05) is 0 Å². The van der Waals surface area contributed by atoms with Crippen LogP contribution in [0.15, 0.2) is 156 Å². The summed E-state index contributed by atoms with van der Waals surface area (Å²) < 4.78 is 6.30. The summed E-state index contributed by atoms with van der Waals surface area (Å²) >= 11 is 0. The van der Waals surface area contributed by atoms with Crippen LogP contribution < -0.4 is 0 Å². The average molecular weight is 552 g/mol. The third-order valence-corrected chi connectivity index (χ3v) is 7.76. The van der Waals surface area contributed by atoms with E-state index in [0.717, 1.165) is 66.6 Å². The van der Waals surface area contributed by atoms with Crippen LogP contribution in [0.3, 0.4) is 0 Å². The van der Waals surface area contributed by atoms with E-state index in [1.54, 1.807) is 0 Å². The Morgan fingerprint density at radius 2 is 1.05 bits per heavy atom. The fraction of sp³-hybridized carbons (Fsp3) is 0. The van der Waals surface area contributed by atoms with E-state index in [9.17, 15) is 0 Å². The van der Waals surface area contributed by atoms with Crippen molar-refractivity contribution in [2.45, 2.75) is 0 Å². The van der Waals surface area contributed by atoms with Crippen molar-refractivity contribution in [1.82, 2.24) is 15.0 Å². The topological polar surface area (TPSA) is 51.8 Å². The Hall–Kier alpha value is -5.87. The Kier molecular flexibility index (Phi) is 6.08. The predicted octanol–water partition coefficient (Wildman–Crippen LogP) is 10.1. The molecule has 0 aliphatic heterocycles. The summed E-state index contributed by atoms with van der Waals surface area (Å²) in [5.41, 5.74) is 9.56. The van der Waals surface area contributed by atoms with Crippen molar-refractivity contribution in [1.29, 1.82) is 0 Å². The fourth-order valence-corrected chi connectivity index (χ4v) is 5.61. The number of para-hydroxylation sites is 2. The van der Waals surface area contributed by atoms with Gasteiger partial charge in [0.05, 0.1) is 17.0 Å². The zero-order valence-electron chi connectivity index (χ0n) is 23.2. The lowest BCUT2D eigenvalue weighted by Crippen LogP contribution is -1.96. The maximum atomic E-state index is 6.30. The molecule has 0 N–H and O–H groups in total. The molecular weight excluding hydrogens is 526 g/mol. The summed E-state index contributed by atoms with van der Waals surface area (Å²) in [7, 11) is 0. The molecule has 0 aliphatic rings. The van der Waals surface area contributed by atoms with E-state index in [-0.39, 0.29) is 0 Å². The number of aromatic nitrogens is 3. The summed E-state index contributed by atoms with van der Waals surface area (Å²) in [6.07, 6.45) is 0. The maximum absolute atomic E-state index is 6.30. The largest absolute Gasteiger partial charge is 0.436 e. The second kappa shape index (κ2) is 10.5. The second-order valence-electron chi connectivity index (χ2n) is 10.5. The van der Waals surface area contributed by atoms with E-state index >= 15 is 0 Å². The van der Waals surface area contributed by atoms with Crippen molar-refractivity contribution < 1.29 is 4.42 Å². The third kappa shape index (κ3) is 4.65. The van der Waals surface area contributed by atoms with Crippen molar-refractivity contribution in [3.8, 4) is 56.5 Å². The summed E-state index contributed by atoms with van der Waals surface area (Å²) in [5.74, 6) is 1.30. The lowest BCUT2D eigenvalue weighted by Gasteiger charge is -2.12. The number of hydrogen-bond donors (Lipinski definition) is 0. The normalized spacial score (nSPS) is 11.3.